The molecule has 0 amide bonds. The number of ether oxygens (including phenoxy) is 2. The van der Waals surface area contributed by atoms with Crippen molar-refractivity contribution in [1.29, 1.82) is 0 Å². The molecule has 1 aliphatic heterocycles. The number of hydrogen-bond acceptors (Lipinski definition) is 4. The Hall–Kier alpha value is -2.56. The molecule has 0 N–H and O–H groups in total. The molecular formula is C15H13N3O2. The molecule has 0 fully saturated rings. The molecule has 0 bridgehead atoms. The van der Waals surface area contributed by atoms with Crippen molar-refractivity contribution in [1.82, 2.24) is 14.4 Å². The fraction of sp³-hybridized carbons (Fsp3) is 0.200. The number of imidazole rings is 1. The summed E-state index contributed by atoms with van der Waals surface area (Å²) in [6, 6.07) is 5.93. The predicted octanol–water partition coefficient (Wildman–Crippen LogP) is 2.56. The van der Waals surface area contributed by atoms with Gasteiger partial charge in [0.15, 0.2) is 17.1 Å². The van der Waals surface area contributed by atoms with Gasteiger partial charge in [-0.15, -0.1) is 0 Å². The van der Waals surface area contributed by atoms with E-state index in [0.29, 0.717) is 13.2 Å². The van der Waals surface area contributed by atoms with Crippen LogP contribution in [0, 0.1) is 0 Å². The monoisotopic (exact) mass is 267 g/mol. The maximum atomic E-state index is 5.71. The molecule has 0 atom stereocenters. The first-order valence-electron chi connectivity index (χ1n) is 6.59. The molecule has 5 nitrogen and oxygen atoms in total. The fourth-order valence-electron chi connectivity index (χ4n) is 2.30. The maximum Gasteiger partial charge on any atom is 0.161 e. The number of nitrogens with zero attached hydrogens (tertiary/aromatic N) is 3. The SMILES string of the molecule is c1cn2cc(-c3ccc4c(c3)OCCCO4)nc2cn1. The van der Waals surface area contributed by atoms with Gasteiger partial charge in [0.25, 0.3) is 0 Å². The van der Waals surface area contributed by atoms with Crippen LogP contribution >= 0.6 is 0 Å². The van der Waals surface area contributed by atoms with Crippen LogP contribution in [0.25, 0.3) is 16.9 Å². The minimum Gasteiger partial charge on any atom is -0.490 e. The average molecular weight is 267 g/mol. The standard InChI is InChI=1S/C15H13N3O2/c1-6-19-13-3-2-11(8-14(13)20-7-1)12-10-18-5-4-16-9-15(18)17-12/h2-5,8-10H,1,6-7H2. The summed E-state index contributed by atoms with van der Waals surface area (Å²) in [5.41, 5.74) is 2.74. The predicted molar refractivity (Wildman–Crippen MR) is 74.0 cm³/mol. The second-order valence-corrected chi connectivity index (χ2v) is 4.68. The van der Waals surface area contributed by atoms with E-state index in [1.54, 1.807) is 12.4 Å². The Labute approximate surface area is 115 Å². The lowest BCUT2D eigenvalue weighted by atomic mass is 10.1. The van der Waals surface area contributed by atoms with Gasteiger partial charge in [-0.1, -0.05) is 0 Å². The van der Waals surface area contributed by atoms with Crippen LogP contribution in [-0.2, 0) is 0 Å². The number of benzene rings is 1. The molecule has 0 unspecified atom stereocenters. The van der Waals surface area contributed by atoms with Crippen LogP contribution in [0.15, 0.2) is 43.0 Å². The lowest BCUT2D eigenvalue weighted by Crippen LogP contribution is -1.97. The minimum atomic E-state index is 0.686. The zero-order valence-electron chi connectivity index (χ0n) is 10.8. The summed E-state index contributed by atoms with van der Waals surface area (Å²) in [5.74, 6) is 1.59. The first kappa shape index (κ1) is 11.3. The topological polar surface area (TPSA) is 48.7 Å². The van der Waals surface area contributed by atoms with Crippen LogP contribution in [0.2, 0.25) is 0 Å². The maximum absolute atomic E-state index is 5.71. The molecule has 2 aromatic heterocycles. The summed E-state index contributed by atoms with van der Waals surface area (Å²) in [4.78, 5) is 8.63. The molecule has 4 rings (SSSR count). The van der Waals surface area contributed by atoms with Gasteiger partial charge < -0.3 is 13.9 Å². The van der Waals surface area contributed by atoms with Crippen LogP contribution in [0.3, 0.4) is 0 Å². The summed E-state index contributed by atoms with van der Waals surface area (Å²) < 4.78 is 13.3. The first-order valence-corrected chi connectivity index (χ1v) is 6.59. The Morgan fingerprint density at radius 2 is 2.00 bits per heavy atom. The van der Waals surface area contributed by atoms with Gasteiger partial charge >= 0.3 is 0 Å². The highest BCUT2D eigenvalue weighted by molar-refractivity contribution is 5.66. The molecular weight excluding hydrogens is 254 g/mol. The summed E-state index contributed by atoms with van der Waals surface area (Å²) in [6.07, 6.45) is 8.26. The quantitative estimate of drug-likeness (QED) is 0.680. The third kappa shape index (κ3) is 1.87. The van der Waals surface area contributed by atoms with Gasteiger partial charge in [0.1, 0.15) is 0 Å². The molecule has 5 heteroatoms. The van der Waals surface area contributed by atoms with Gasteiger partial charge in [-0.2, -0.15) is 0 Å². The molecule has 1 aliphatic rings. The number of fused-ring (bicyclic) bond motifs is 2. The molecule has 100 valence electrons. The van der Waals surface area contributed by atoms with Crippen molar-refractivity contribution in [2.45, 2.75) is 6.42 Å². The largest absolute Gasteiger partial charge is 0.490 e. The summed E-state index contributed by atoms with van der Waals surface area (Å²) in [6.45, 7) is 1.39. The van der Waals surface area contributed by atoms with Crippen LogP contribution < -0.4 is 9.47 Å². The highest BCUT2D eigenvalue weighted by Crippen LogP contribution is 2.33. The van der Waals surface area contributed by atoms with Gasteiger partial charge in [0.05, 0.1) is 25.1 Å². The smallest absolute Gasteiger partial charge is 0.161 e. The highest BCUT2D eigenvalue weighted by Gasteiger charge is 2.12. The van der Waals surface area contributed by atoms with E-state index >= 15 is 0 Å². The van der Waals surface area contributed by atoms with E-state index in [1.807, 2.05) is 35.0 Å². The van der Waals surface area contributed by atoms with Gasteiger partial charge in [0.2, 0.25) is 0 Å². The van der Waals surface area contributed by atoms with E-state index in [9.17, 15) is 0 Å². The lowest BCUT2D eigenvalue weighted by Gasteiger charge is -2.07. The van der Waals surface area contributed by atoms with Crippen molar-refractivity contribution in [3.05, 3.63) is 43.0 Å². The van der Waals surface area contributed by atoms with Crippen LogP contribution in [-0.4, -0.2) is 27.6 Å². The first-order chi connectivity index (χ1) is 9.90. The number of rotatable bonds is 1. The molecule has 3 heterocycles. The third-order valence-electron chi connectivity index (χ3n) is 3.31. The van der Waals surface area contributed by atoms with Crippen molar-refractivity contribution in [3.63, 3.8) is 0 Å². The van der Waals surface area contributed by atoms with Crippen molar-refractivity contribution in [2.24, 2.45) is 0 Å². The summed E-state index contributed by atoms with van der Waals surface area (Å²) in [5, 5.41) is 0. The van der Waals surface area contributed by atoms with E-state index < -0.39 is 0 Å². The van der Waals surface area contributed by atoms with E-state index in [1.165, 1.54) is 0 Å². The van der Waals surface area contributed by atoms with Crippen molar-refractivity contribution >= 4 is 5.65 Å². The van der Waals surface area contributed by atoms with E-state index in [4.69, 9.17) is 9.47 Å². The molecule has 0 saturated carbocycles. The second kappa shape index (κ2) is 4.52. The normalized spacial score (nSPS) is 14.2. The van der Waals surface area contributed by atoms with Crippen LogP contribution in [0.5, 0.6) is 11.5 Å². The summed E-state index contributed by atoms with van der Waals surface area (Å²) >= 11 is 0. The molecule has 20 heavy (non-hydrogen) atoms. The molecule has 0 spiro atoms. The number of aromatic nitrogens is 3. The Balaban J connectivity index is 1.79. The molecule has 0 aliphatic carbocycles. The summed E-state index contributed by atoms with van der Waals surface area (Å²) in [7, 11) is 0. The van der Waals surface area contributed by atoms with Crippen LogP contribution in [0.1, 0.15) is 6.42 Å². The number of hydrogen-bond donors (Lipinski definition) is 0. The third-order valence-corrected chi connectivity index (χ3v) is 3.31. The van der Waals surface area contributed by atoms with Crippen molar-refractivity contribution < 1.29 is 9.47 Å². The second-order valence-electron chi connectivity index (χ2n) is 4.68. The van der Waals surface area contributed by atoms with Gasteiger partial charge in [-0.05, 0) is 18.2 Å². The van der Waals surface area contributed by atoms with Crippen LogP contribution in [0.4, 0.5) is 0 Å². The van der Waals surface area contributed by atoms with E-state index in [-0.39, 0.29) is 0 Å². The Kier molecular flexibility index (Phi) is 2.55. The molecule has 1 aromatic carbocycles. The average Bonchev–Trinajstić information content (AvgIpc) is 2.78. The van der Waals surface area contributed by atoms with Gasteiger partial charge in [-0.3, -0.25) is 4.98 Å². The highest BCUT2D eigenvalue weighted by atomic mass is 16.5. The fourth-order valence-corrected chi connectivity index (χ4v) is 2.30. The van der Waals surface area contributed by atoms with Crippen molar-refractivity contribution in [2.75, 3.05) is 13.2 Å². The lowest BCUT2D eigenvalue weighted by molar-refractivity contribution is 0.297. The molecule has 3 aromatic rings. The van der Waals surface area contributed by atoms with Gasteiger partial charge in [0, 0.05) is 30.6 Å². The van der Waals surface area contributed by atoms with Crippen molar-refractivity contribution in [3.8, 4) is 22.8 Å². The van der Waals surface area contributed by atoms with Gasteiger partial charge in [-0.25, -0.2) is 4.98 Å². The van der Waals surface area contributed by atoms with E-state index in [2.05, 4.69) is 9.97 Å². The zero-order chi connectivity index (χ0) is 13.4. The molecule has 0 saturated heterocycles. The zero-order valence-corrected chi connectivity index (χ0v) is 10.8. The molecule has 0 radical (unpaired) electrons. The Bertz CT molecular complexity index is 734. The van der Waals surface area contributed by atoms with E-state index in [0.717, 1.165) is 34.8 Å². The Morgan fingerprint density at radius 1 is 1.10 bits per heavy atom. The minimum absolute atomic E-state index is 0.686. The Morgan fingerprint density at radius 3 is 2.90 bits per heavy atom.